The summed E-state index contributed by atoms with van der Waals surface area (Å²) in [7, 11) is 0. The SMILES string of the molecule is CCNNOCCOCC. The Morgan fingerprint density at radius 2 is 2.00 bits per heavy atom. The third kappa shape index (κ3) is 7.84. The number of ether oxygens (including phenoxy) is 1. The molecule has 0 aliphatic carbocycles. The predicted molar refractivity (Wildman–Crippen MR) is 39.3 cm³/mol. The molecule has 0 aliphatic rings. The molecule has 0 aromatic carbocycles. The van der Waals surface area contributed by atoms with Crippen LogP contribution in [0.15, 0.2) is 0 Å². The second-order valence-electron chi connectivity index (χ2n) is 1.68. The number of nitrogens with one attached hydrogen (secondary N) is 2. The van der Waals surface area contributed by atoms with Crippen LogP contribution in [-0.2, 0) is 9.57 Å². The van der Waals surface area contributed by atoms with E-state index in [4.69, 9.17) is 9.57 Å². The highest BCUT2D eigenvalue weighted by atomic mass is 16.7. The molecule has 0 bridgehead atoms. The fourth-order valence-corrected chi connectivity index (χ4v) is 0.419. The highest BCUT2D eigenvalue weighted by Crippen LogP contribution is 1.72. The Morgan fingerprint density at radius 3 is 2.60 bits per heavy atom. The van der Waals surface area contributed by atoms with Gasteiger partial charge in [0.15, 0.2) is 0 Å². The van der Waals surface area contributed by atoms with Crippen LogP contribution in [0.4, 0.5) is 0 Å². The Labute approximate surface area is 61.8 Å². The minimum absolute atomic E-state index is 0.570. The van der Waals surface area contributed by atoms with Crippen LogP contribution in [0.2, 0.25) is 0 Å². The van der Waals surface area contributed by atoms with Gasteiger partial charge in [0.05, 0.1) is 13.2 Å². The Balaban J connectivity index is 2.65. The van der Waals surface area contributed by atoms with Crippen molar-refractivity contribution in [1.82, 2.24) is 11.0 Å². The second kappa shape index (κ2) is 8.84. The smallest absolute Gasteiger partial charge is 0.0932 e. The first-order chi connectivity index (χ1) is 4.91. The standard InChI is InChI=1S/C6H16N2O2/c1-3-7-8-10-6-5-9-4-2/h7-8H,3-6H2,1-2H3. The molecule has 0 unspecified atom stereocenters. The number of hydrogen-bond acceptors (Lipinski definition) is 4. The lowest BCUT2D eigenvalue weighted by Crippen LogP contribution is -2.32. The Kier molecular flexibility index (Phi) is 8.70. The molecule has 0 atom stereocenters. The summed E-state index contributed by atoms with van der Waals surface area (Å²) >= 11 is 0. The lowest BCUT2D eigenvalue weighted by atomic mass is 10.7. The molecule has 0 heterocycles. The first-order valence-corrected chi connectivity index (χ1v) is 3.59. The molecule has 2 N–H and O–H groups in total. The maximum atomic E-state index is 5.02. The number of hydrogen-bond donors (Lipinski definition) is 2. The van der Waals surface area contributed by atoms with Gasteiger partial charge in [-0.25, -0.2) is 5.43 Å². The van der Waals surface area contributed by atoms with Crippen molar-refractivity contribution in [3.05, 3.63) is 0 Å². The van der Waals surface area contributed by atoms with Gasteiger partial charge in [-0.1, -0.05) is 6.92 Å². The average Bonchev–Trinajstić information content (AvgIpc) is 1.97. The molecular weight excluding hydrogens is 132 g/mol. The van der Waals surface area contributed by atoms with Crippen LogP contribution >= 0.6 is 0 Å². The molecule has 10 heavy (non-hydrogen) atoms. The van der Waals surface area contributed by atoms with E-state index in [1.54, 1.807) is 0 Å². The zero-order chi connectivity index (χ0) is 7.66. The van der Waals surface area contributed by atoms with E-state index in [1.165, 1.54) is 0 Å². The molecule has 4 nitrogen and oxygen atoms in total. The van der Waals surface area contributed by atoms with Crippen LogP contribution in [0.3, 0.4) is 0 Å². The van der Waals surface area contributed by atoms with E-state index in [0.717, 1.165) is 13.2 Å². The molecule has 0 saturated heterocycles. The van der Waals surface area contributed by atoms with Crippen molar-refractivity contribution in [3.63, 3.8) is 0 Å². The average molecular weight is 148 g/mol. The van der Waals surface area contributed by atoms with Crippen molar-refractivity contribution in [2.75, 3.05) is 26.4 Å². The monoisotopic (exact) mass is 148 g/mol. The normalized spacial score (nSPS) is 10.2. The molecular formula is C6H16N2O2. The van der Waals surface area contributed by atoms with E-state index in [2.05, 4.69) is 11.0 Å². The second-order valence-corrected chi connectivity index (χ2v) is 1.68. The molecule has 4 heteroatoms. The van der Waals surface area contributed by atoms with Crippen LogP contribution in [0, 0.1) is 0 Å². The maximum Gasteiger partial charge on any atom is 0.0932 e. The zero-order valence-electron chi connectivity index (χ0n) is 6.64. The topological polar surface area (TPSA) is 42.5 Å². The van der Waals surface area contributed by atoms with Crippen molar-refractivity contribution in [2.24, 2.45) is 0 Å². The van der Waals surface area contributed by atoms with Crippen molar-refractivity contribution >= 4 is 0 Å². The Hall–Kier alpha value is -0.160. The van der Waals surface area contributed by atoms with Crippen molar-refractivity contribution in [3.8, 4) is 0 Å². The van der Waals surface area contributed by atoms with Crippen molar-refractivity contribution in [2.45, 2.75) is 13.8 Å². The van der Waals surface area contributed by atoms with Crippen LogP contribution in [0.1, 0.15) is 13.8 Å². The van der Waals surface area contributed by atoms with Gasteiger partial charge >= 0.3 is 0 Å². The van der Waals surface area contributed by atoms with Gasteiger partial charge in [-0.3, -0.25) is 4.84 Å². The molecule has 0 amide bonds. The Morgan fingerprint density at radius 1 is 1.20 bits per heavy atom. The van der Waals surface area contributed by atoms with Gasteiger partial charge in [0.1, 0.15) is 0 Å². The van der Waals surface area contributed by atoms with E-state index in [-0.39, 0.29) is 0 Å². The summed E-state index contributed by atoms with van der Waals surface area (Å²) in [4.78, 5) is 4.89. The highest BCUT2D eigenvalue weighted by Gasteiger charge is 1.84. The minimum Gasteiger partial charge on any atom is -0.379 e. The van der Waals surface area contributed by atoms with Gasteiger partial charge in [-0.2, -0.15) is 0 Å². The Bertz CT molecular complexity index is 53.7. The summed E-state index contributed by atoms with van der Waals surface area (Å²) < 4.78 is 5.02. The van der Waals surface area contributed by atoms with Crippen LogP contribution < -0.4 is 11.0 Å². The van der Waals surface area contributed by atoms with Crippen molar-refractivity contribution < 1.29 is 9.57 Å². The number of rotatable bonds is 7. The summed E-state index contributed by atoms with van der Waals surface area (Å²) in [6.45, 7) is 6.73. The maximum absolute atomic E-state index is 5.02. The third-order valence-electron chi connectivity index (χ3n) is 0.855. The fourth-order valence-electron chi connectivity index (χ4n) is 0.419. The quantitative estimate of drug-likeness (QED) is 0.396. The van der Waals surface area contributed by atoms with Gasteiger partial charge in [0.2, 0.25) is 0 Å². The summed E-state index contributed by atoms with van der Waals surface area (Å²) in [5.74, 6) is 0. The molecule has 0 spiro atoms. The van der Waals surface area contributed by atoms with Crippen molar-refractivity contribution in [1.29, 1.82) is 0 Å². The summed E-state index contributed by atoms with van der Waals surface area (Å²) in [5, 5.41) is 0. The van der Waals surface area contributed by atoms with Crippen LogP contribution in [-0.4, -0.2) is 26.4 Å². The molecule has 0 radical (unpaired) electrons. The largest absolute Gasteiger partial charge is 0.379 e. The molecule has 0 rings (SSSR count). The lowest BCUT2D eigenvalue weighted by Gasteiger charge is -2.04. The molecule has 0 aromatic rings. The third-order valence-corrected chi connectivity index (χ3v) is 0.855. The first-order valence-electron chi connectivity index (χ1n) is 3.59. The van der Waals surface area contributed by atoms with E-state index < -0.39 is 0 Å². The molecule has 0 aromatic heterocycles. The zero-order valence-corrected chi connectivity index (χ0v) is 6.64. The lowest BCUT2D eigenvalue weighted by molar-refractivity contribution is -0.0221. The van der Waals surface area contributed by atoms with Gasteiger partial charge in [0.25, 0.3) is 0 Å². The molecule has 0 saturated carbocycles. The molecule has 0 fully saturated rings. The fraction of sp³-hybridized carbons (Fsp3) is 1.00. The summed E-state index contributed by atoms with van der Waals surface area (Å²) in [5.41, 5.74) is 5.36. The highest BCUT2D eigenvalue weighted by molar-refractivity contribution is 4.24. The molecule has 62 valence electrons. The summed E-state index contributed by atoms with van der Waals surface area (Å²) in [6.07, 6.45) is 0. The van der Waals surface area contributed by atoms with Crippen LogP contribution in [0.5, 0.6) is 0 Å². The predicted octanol–water partition coefficient (Wildman–Crippen LogP) is 0.0686. The van der Waals surface area contributed by atoms with E-state index in [0.29, 0.717) is 13.2 Å². The summed E-state index contributed by atoms with van der Waals surface area (Å²) in [6, 6.07) is 0. The minimum atomic E-state index is 0.570. The van der Waals surface area contributed by atoms with Crippen LogP contribution in [0.25, 0.3) is 0 Å². The van der Waals surface area contributed by atoms with Gasteiger partial charge in [-0.05, 0) is 6.92 Å². The van der Waals surface area contributed by atoms with E-state index >= 15 is 0 Å². The number of hydrazine groups is 1. The van der Waals surface area contributed by atoms with Gasteiger partial charge in [-0.15, -0.1) is 5.59 Å². The van der Waals surface area contributed by atoms with E-state index in [9.17, 15) is 0 Å². The molecule has 0 aliphatic heterocycles. The van der Waals surface area contributed by atoms with E-state index in [1.807, 2.05) is 13.8 Å². The first kappa shape index (κ1) is 9.84. The van der Waals surface area contributed by atoms with Gasteiger partial charge < -0.3 is 4.74 Å². The van der Waals surface area contributed by atoms with Gasteiger partial charge in [0, 0.05) is 13.2 Å².